The summed E-state index contributed by atoms with van der Waals surface area (Å²) in [6.07, 6.45) is 0. The number of hydrogen-bond acceptors (Lipinski definition) is 6. The largest absolute Gasteiger partial charge is 0.316 e. The Balaban J connectivity index is 2.30. The Morgan fingerprint density at radius 2 is 2.10 bits per heavy atom. The SMILES string of the molecule is CNCc1cc(F)c(C)c(S(=O)(=O)NCc2nn[nH]n2)c1. The third-order valence-corrected chi connectivity index (χ3v) is 4.36. The molecule has 21 heavy (non-hydrogen) atoms. The van der Waals surface area contributed by atoms with E-state index < -0.39 is 15.8 Å². The highest BCUT2D eigenvalue weighted by Gasteiger charge is 2.20. The van der Waals surface area contributed by atoms with Crippen LogP contribution in [0.4, 0.5) is 4.39 Å². The van der Waals surface area contributed by atoms with Crippen LogP contribution in [-0.4, -0.2) is 36.1 Å². The van der Waals surface area contributed by atoms with E-state index in [1.807, 2.05) is 0 Å². The van der Waals surface area contributed by atoms with E-state index in [0.717, 1.165) is 0 Å². The number of rotatable bonds is 6. The lowest BCUT2D eigenvalue weighted by atomic mass is 10.1. The number of hydrogen-bond donors (Lipinski definition) is 3. The molecule has 0 atom stereocenters. The Labute approximate surface area is 121 Å². The van der Waals surface area contributed by atoms with Gasteiger partial charge in [0.15, 0.2) is 5.82 Å². The summed E-state index contributed by atoms with van der Waals surface area (Å²) in [5.74, 6) is -0.370. The maximum absolute atomic E-state index is 13.8. The first-order valence-corrected chi connectivity index (χ1v) is 7.58. The van der Waals surface area contributed by atoms with Crippen LogP contribution in [-0.2, 0) is 23.1 Å². The van der Waals surface area contributed by atoms with Crippen molar-refractivity contribution in [3.8, 4) is 0 Å². The average molecular weight is 314 g/mol. The second kappa shape index (κ2) is 6.24. The zero-order valence-electron chi connectivity index (χ0n) is 11.5. The Morgan fingerprint density at radius 1 is 1.33 bits per heavy atom. The van der Waals surface area contributed by atoms with Crippen molar-refractivity contribution in [3.63, 3.8) is 0 Å². The predicted octanol–water partition coefficient (Wildman–Crippen LogP) is -0.155. The first kappa shape index (κ1) is 15.5. The number of sulfonamides is 1. The molecule has 0 bridgehead atoms. The number of benzene rings is 1. The van der Waals surface area contributed by atoms with E-state index in [4.69, 9.17) is 0 Å². The number of aromatic amines is 1. The molecule has 0 aliphatic rings. The van der Waals surface area contributed by atoms with E-state index in [0.29, 0.717) is 12.1 Å². The maximum Gasteiger partial charge on any atom is 0.241 e. The highest BCUT2D eigenvalue weighted by Crippen LogP contribution is 2.20. The van der Waals surface area contributed by atoms with Crippen LogP contribution < -0.4 is 10.0 Å². The van der Waals surface area contributed by atoms with Crippen LogP contribution >= 0.6 is 0 Å². The smallest absolute Gasteiger partial charge is 0.241 e. The minimum absolute atomic E-state index is 0.0652. The molecule has 3 N–H and O–H groups in total. The van der Waals surface area contributed by atoms with Crippen molar-refractivity contribution < 1.29 is 12.8 Å². The van der Waals surface area contributed by atoms with Gasteiger partial charge < -0.3 is 5.32 Å². The van der Waals surface area contributed by atoms with Crippen molar-refractivity contribution in [2.45, 2.75) is 24.9 Å². The lowest BCUT2D eigenvalue weighted by molar-refractivity contribution is 0.571. The van der Waals surface area contributed by atoms with Gasteiger partial charge in [0.1, 0.15) is 5.82 Å². The molecular formula is C11H15FN6O2S. The number of aromatic nitrogens is 4. The molecule has 2 rings (SSSR count). The molecule has 1 aromatic heterocycles. The van der Waals surface area contributed by atoms with Gasteiger partial charge in [-0.15, -0.1) is 10.2 Å². The van der Waals surface area contributed by atoms with E-state index in [1.54, 1.807) is 7.05 Å². The molecule has 0 aliphatic heterocycles. The number of H-pyrrole nitrogens is 1. The molecule has 114 valence electrons. The Morgan fingerprint density at radius 3 is 2.71 bits per heavy atom. The van der Waals surface area contributed by atoms with E-state index >= 15 is 0 Å². The molecule has 0 fully saturated rings. The van der Waals surface area contributed by atoms with Gasteiger partial charge in [-0.1, -0.05) is 5.21 Å². The standard InChI is InChI=1S/C11H15FN6O2S/c1-7-9(12)3-8(5-13-2)4-10(7)21(19,20)14-6-11-15-17-18-16-11/h3-4,13-14H,5-6H2,1-2H3,(H,15,16,17,18). The molecule has 1 aromatic carbocycles. The van der Waals surface area contributed by atoms with E-state index in [1.165, 1.54) is 19.1 Å². The second-order valence-corrected chi connectivity index (χ2v) is 6.12. The fraction of sp³-hybridized carbons (Fsp3) is 0.364. The second-order valence-electron chi connectivity index (χ2n) is 4.38. The van der Waals surface area contributed by atoms with Gasteiger partial charge in [0.25, 0.3) is 0 Å². The minimum Gasteiger partial charge on any atom is -0.316 e. The molecule has 0 unspecified atom stereocenters. The zero-order chi connectivity index (χ0) is 15.5. The van der Waals surface area contributed by atoms with Gasteiger partial charge in [0, 0.05) is 12.1 Å². The Bertz CT molecular complexity index is 717. The molecule has 0 amide bonds. The zero-order valence-corrected chi connectivity index (χ0v) is 12.3. The average Bonchev–Trinajstić information content (AvgIpc) is 2.94. The molecular weight excluding hydrogens is 299 g/mol. The van der Waals surface area contributed by atoms with Crippen LogP contribution in [0.1, 0.15) is 17.0 Å². The van der Waals surface area contributed by atoms with Crippen molar-refractivity contribution in [1.29, 1.82) is 0 Å². The lowest BCUT2D eigenvalue weighted by Crippen LogP contribution is -2.25. The van der Waals surface area contributed by atoms with Crippen molar-refractivity contribution in [2.24, 2.45) is 0 Å². The highest BCUT2D eigenvalue weighted by molar-refractivity contribution is 7.89. The van der Waals surface area contributed by atoms with Crippen molar-refractivity contribution in [3.05, 3.63) is 34.9 Å². The van der Waals surface area contributed by atoms with Gasteiger partial charge in [0.05, 0.1) is 11.4 Å². The van der Waals surface area contributed by atoms with Crippen molar-refractivity contribution in [2.75, 3.05) is 7.05 Å². The molecule has 2 aromatic rings. The molecule has 0 spiro atoms. The molecule has 0 saturated carbocycles. The van der Waals surface area contributed by atoms with Crippen molar-refractivity contribution >= 4 is 10.0 Å². The summed E-state index contributed by atoms with van der Waals surface area (Å²) in [6.45, 7) is 1.65. The van der Waals surface area contributed by atoms with Gasteiger partial charge >= 0.3 is 0 Å². The topological polar surface area (TPSA) is 113 Å². The first-order valence-electron chi connectivity index (χ1n) is 6.09. The third-order valence-electron chi connectivity index (χ3n) is 2.84. The molecule has 0 saturated heterocycles. The monoisotopic (exact) mass is 314 g/mol. The van der Waals surface area contributed by atoms with E-state index in [2.05, 4.69) is 30.7 Å². The van der Waals surface area contributed by atoms with Gasteiger partial charge in [-0.3, -0.25) is 0 Å². The van der Waals surface area contributed by atoms with Gasteiger partial charge in [0.2, 0.25) is 10.0 Å². The van der Waals surface area contributed by atoms with Crippen LogP contribution in [0.2, 0.25) is 0 Å². The van der Waals surface area contributed by atoms with Crippen molar-refractivity contribution in [1.82, 2.24) is 30.7 Å². The maximum atomic E-state index is 13.8. The van der Waals surface area contributed by atoms with Crippen LogP contribution in [0, 0.1) is 12.7 Å². The first-order chi connectivity index (χ1) is 9.94. The fourth-order valence-electron chi connectivity index (χ4n) is 1.79. The van der Waals surface area contributed by atoms with E-state index in [-0.39, 0.29) is 22.8 Å². The van der Waals surface area contributed by atoms with Crippen LogP contribution in [0.3, 0.4) is 0 Å². The number of nitrogens with one attached hydrogen (secondary N) is 3. The molecule has 1 heterocycles. The van der Waals surface area contributed by atoms with E-state index in [9.17, 15) is 12.8 Å². The molecule has 10 heteroatoms. The quantitative estimate of drug-likeness (QED) is 0.683. The van der Waals surface area contributed by atoms with Gasteiger partial charge in [-0.25, -0.2) is 17.5 Å². The summed E-state index contributed by atoms with van der Waals surface area (Å²) in [5.41, 5.74) is 0.607. The number of halogens is 1. The summed E-state index contributed by atoms with van der Waals surface area (Å²) in [5, 5.41) is 15.7. The fourth-order valence-corrected chi connectivity index (χ4v) is 3.07. The summed E-state index contributed by atoms with van der Waals surface area (Å²) in [7, 11) is -2.17. The highest BCUT2D eigenvalue weighted by atomic mass is 32.2. The van der Waals surface area contributed by atoms with Crippen LogP contribution in [0.15, 0.2) is 17.0 Å². The van der Waals surface area contributed by atoms with Gasteiger partial charge in [-0.05, 0) is 31.7 Å². The Hall–Kier alpha value is -1.91. The summed E-state index contributed by atoms with van der Waals surface area (Å²) in [6, 6.07) is 2.75. The summed E-state index contributed by atoms with van der Waals surface area (Å²) < 4.78 is 40.7. The van der Waals surface area contributed by atoms with Gasteiger partial charge in [-0.2, -0.15) is 5.21 Å². The third kappa shape index (κ3) is 3.60. The normalized spacial score (nSPS) is 11.8. The minimum atomic E-state index is -3.87. The number of tetrazole rings is 1. The number of nitrogens with zero attached hydrogens (tertiary/aromatic N) is 3. The molecule has 0 aliphatic carbocycles. The lowest BCUT2D eigenvalue weighted by Gasteiger charge is -2.11. The van der Waals surface area contributed by atoms with Crippen LogP contribution in [0.25, 0.3) is 0 Å². The molecule has 8 nitrogen and oxygen atoms in total. The Kier molecular flexibility index (Phi) is 4.60. The predicted molar refractivity (Wildman–Crippen MR) is 72.1 cm³/mol. The summed E-state index contributed by atoms with van der Waals surface area (Å²) >= 11 is 0. The summed E-state index contributed by atoms with van der Waals surface area (Å²) in [4.78, 5) is -0.101. The van der Waals surface area contributed by atoms with Crippen LogP contribution in [0.5, 0.6) is 0 Å². The molecule has 0 radical (unpaired) electrons.